The molecule has 0 bridgehead atoms. The van der Waals surface area contributed by atoms with Crippen molar-refractivity contribution in [2.45, 2.75) is 10.6 Å². The SMILES string of the molecule is Cl.Nc1ccccc1SCc1ccc(F)cc1. The highest BCUT2D eigenvalue weighted by Gasteiger charge is 1.99. The lowest BCUT2D eigenvalue weighted by molar-refractivity contribution is 0.627. The molecule has 0 atom stereocenters. The highest BCUT2D eigenvalue weighted by Crippen LogP contribution is 2.27. The fraction of sp³-hybridized carbons (Fsp3) is 0.0769. The Balaban J connectivity index is 0.00000144. The molecule has 0 spiro atoms. The van der Waals surface area contributed by atoms with Crippen molar-refractivity contribution in [1.29, 1.82) is 0 Å². The number of nitrogens with two attached hydrogens (primary N) is 1. The van der Waals surface area contributed by atoms with Crippen LogP contribution in [0.25, 0.3) is 0 Å². The van der Waals surface area contributed by atoms with Crippen molar-refractivity contribution < 1.29 is 4.39 Å². The van der Waals surface area contributed by atoms with E-state index in [4.69, 9.17) is 5.73 Å². The van der Waals surface area contributed by atoms with Crippen molar-refractivity contribution in [2.75, 3.05) is 5.73 Å². The number of para-hydroxylation sites is 1. The Morgan fingerprint density at radius 1 is 1.00 bits per heavy atom. The predicted molar refractivity (Wildman–Crippen MR) is 74.1 cm³/mol. The van der Waals surface area contributed by atoms with Gasteiger partial charge in [0.1, 0.15) is 5.82 Å². The van der Waals surface area contributed by atoms with Gasteiger partial charge in [-0.05, 0) is 29.8 Å². The summed E-state index contributed by atoms with van der Waals surface area (Å²) in [6.07, 6.45) is 0. The van der Waals surface area contributed by atoms with E-state index in [1.54, 1.807) is 23.9 Å². The summed E-state index contributed by atoms with van der Waals surface area (Å²) in [4.78, 5) is 1.06. The first-order valence-electron chi connectivity index (χ1n) is 4.97. The Hall–Kier alpha value is -1.19. The standard InChI is InChI=1S/C13H12FNS.ClH/c14-11-7-5-10(6-8-11)9-16-13-4-2-1-3-12(13)15;/h1-8H,9,15H2;1H. The van der Waals surface area contributed by atoms with E-state index in [9.17, 15) is 4.39 Å². The summed E-state index contributed by atoms with van der Waals surface area (Å²) < 4.78 is 12.7. The first-order chi connectivity index (χ1) is 7.75. The lowest BCUT2D eigenvalue weighted by Gasteiger charge is -2.04. The van der Waals surface area contributed by atoms with Crippen molar-refractivity contribution in [3.63, 3.8) is 0 Å². The number of nitrogen functional groups attached to an aromatic ring is 1. The third-order valence-electron chi connectivity index (χ3n) is 2.23. The maximum Gasteiger partial charge on any atom is 0.123 e. The van der Waals surface area contributed by atoms with Crippen LogP contribution in [0, 0.1) is 5.82 Å². The van der Waals surface area contributed by atoms with Gasteiger partial charge in [0.15, 0.2) is 0 Å². The van der Waals surface area contributed by atoms with Crippen molar-refractivity contribution >= 4 is 29.9 Å². The van der Waals surface area contributed by atoms with Gasteiger partial charge in [0, 0.05) is 16.3 Å². The van der Waals surface area contributed by atoms with Gasteiger partial charge >= 0.3 is 0 Å². The minimum atomic E-state index is -0.201. The largest absolute Gasteiger partial charge is 0.398 e. The number of rotatable bonds is 3. The summed E-state index contributed by atoms with van der Waals surface area (Å²) in [5.41, 5.74) is 7.71. The predicted octanol–water partition coefficient (Wildman–Crippen LogP) is 4.12. The van der Waals surface area contributed by atoms with E-state index >= 15 is 0 Å². The molecule has 90 valence electrons. The summed E-state index contributed by atoms with van der Waals surface area (Å²) in [6, 6.07) is 14.3. The molecule has 17 heavy (non-hydrogen) atoms. The van der Waals surface area contributed by atoms with Crippen molar-refractivity contribution in [1.82, 2.24) is 0 Å². The molecule has 0 fully saturated rings. The third-order valence-corrected chi connectivity index (χ3v) is 3.39. The maximum absolute atomic E-state index is 12.7. The molecule has 4 heteroatoms. The fourth-order valence-electron chi connectivity index (χ4n) is 1.35. The molecular formula is C13H13ClFNS. The quantitative estimate of drug-likeness (QED) is 0.670. The van der Waals surface area contributed by atoms with Crippen molar-refractivity contribution in [3.8, 4) is 0 Å². The molecule has 0 amide bonds. The Bertz CT molecular complexity index is 473. The van der Waals surface area contributed by atoms with E-state index in [-0.39, 0.29) is 18.2 Å². The van der Waals surface area contributed by atoms with Gasteiger partial charge in [-0.1, -0.05) is 24.3 Å². The number of halogens is 2. The molecule has 0 aliphatic carbocycles. The summed E-state index contributed by atoms with van der Waals surface area (Å²) in [5, 5.41) is 0. The lowest BCUT2D eigenvalue weighted by Crippen LogP contribution is -1.88. The van der Waals surface area contributed by atoms with Gasteiger partial charge in [-0.25, -0.2) is 4.39 Å². The highest BCUT2D eigenvalue weighted by atomic mass is 35.5. The topological polar surface area (TPSA) is 26.0 Å². The average Bonchev–Trinajstić information content (AvgIpc) is 2.30. The van der Waals surface area contributed by atoms with Gasteiger partial charge in [-0.3, -0.25) is 0 Å². The monoisotopic (exact) mass is 269 g/mol. The van der Waals surface area contributed by atoms with Gasteiger partial charge in [0.25, 0.3) is 0 Å². The van der Waals surface area contributed by atoms with Crippen LogP contribution >= 0.6 is 24.2 Å². The lowest BCUT2D eigenvalue weighted by atomic mass is 10.2. The molecule has 0 saturated heterocycles. The smallest absolute Gasteiger partial charge is 0.123 e. The molecule has 0 unspecified atom stereocenters. The average molecular weight is 270 g/mol. The molecule has 1 nitrogen and oxygen atoms in total. The van der Waals surface area contributed by atoms with Gasteiger partial charge in [0.05, 0.1) is 0 Å². The second-order valence-electron chi connectivity index (χ2n) is 3.45. The van der Waals surface area contributed by atoms with E-state index < -0.39 is 0 Å². The Morgan fingerprint density at radius 3 is 2.29 bits per heavy atom. The van der Waals surface area contributed by atoms with Gasteiger partial charge in [0.2, 0.25) is 0 Å². The number of hydrogen-bond acceptors (Lipinski definition) is 2. The molecule has 0 aliphatic heterocycles. The summed E-state index contributed by atoms with van der Waals surface area (Å²) in [5.74, 6) is 0.599. The molecular weight excluding hydrogens is 257 g/mol. The minimum Gasteiger partial charge on any atom is -0.398 e. The van der Waals surface area contributed by atoms with Crippen LogP contribution in [0.2, 0.25) is 0 Å². The fourth-order valence-corrected chi connectivity index (χ4v) is 2.28. The molecule has 0 saturated carbocycles. The third kappa shape index (κ3) is 3.95. The zero-order valence-corrected chi connectivity index (χ0v) is 10.7. The van der Waals surface area contributed by atoms with E-state index in [2.05, 4.69) is 0 Å². The number of thioether (sulfide) groups is 1. The van der Waals surface area contributed by atoms with Gasteiger partial charge in [-0.2, -0.15) is 0 Å². The number of benzene rings is 2. The Labute approximate surface area is 111 Å². The van der Waals surface area contributed by atoms with Crippen molar-refractivity contribution in [2.24, 2.45) is 0 Å². The molecule has 2 aromatic carbocycles. The van der Waals surface area contributed by atoms with Crippen LogP contribution < -0.4 is 5.73 Å². The summed E-state index contributed by atoms with van der Waals surface area (Å²) in [7, 11) is 0. The second-order valence-corrected chi connectivity index (χ2v) is 4.47. The van der Waals surface area contributed by atoms with Crippen LogP contribution in [-0.2, 0) is 5.75 Å². The Kier molecular flexibility index (Phi) is 5.32. The normalized spacial score (nSPS) is 9.71. The molecule has 2 N–H and O–H groups in total. The first-order valence-corrected chi connectivity index (χ1v) is 5.96. The molecule has 0 radical (unpaired) electrons. The molecule has 2 rings (SSSR count). The van der Waals surface area contributed by atoms with E-state index in [0.29, 0.717) is 0 Å². The Morgan fingerprint density at radius 2 is 1.65 bits per heavy atom. The van der Waals surface area contributed by atoms with Gasteiger partial charge in [-0.15, -0.1) is 24.2 Å². The number of hydrogen-bond donors (Lipinski definition) is 1. The molecule has 0 aliphatic rings. The van der Waals surface area contributed by atoms with Crippen LogP contribution in [0.4, 0.5) is 10.1 Å². The van der Waals surface area contributed by atoms with Crippen LogP contribution in [0.15, 0.2) is 53.4 Å². The zero-order chi connectivity index (χ0) is 11.4. The van der Waals surface area contributed by atoms with E-state index in [1.807, 2.05) is 24.3 Å². The molecule has 2 aromatic rings. The van der Waals surface area contributed by atoms with Crippen molar-refractivity contribution in [3.05, 3.63) is 59.9 Å². The van der Waals surface area contributed by atoms with Crippen LogP contribution in [0.1, 0.15) is 5.56 Å². The second kappa shape index (κ2) is 6.52. The van der Waals surface area contributed by atoms with Crippen LogP contribution in [-0.4, -0.2) is 0 Å². The molecule has 0 heterocycles. The minimum absolute atomic E-state index is 0. The number of anilines is 1. The van der Waals surface area contributed by atoms with Crippen LogP contribution in [0.5, 0.6) is 0 Å². The van der Waals surface area contributed by atoms with Crippen LogP contribution in [0.3, 0.4) is 0 Å². The molecule has 0 aromatic heterocycles. The highest BCUT2D eigenvalue weighted by molar-refractivity contribution is 7.98. The van der Waals surface area contributed by atoms with Gasteiger partial charge < -0.3 is 5.73 Å². The van der Waals surface area contributed by atoms with E-state index in [0.717, 1.165) is 21.9 Å². The zero-order valence-electron chi connectivity index (χ0n) is 9.10. The maximum atomic E-state index is 12.7. The summed E-state index contributed by atoms with van der Waals surface area (Å²) in [6.45, 7) is 0. The first kappa shape index (κ1) is 13.9. The van der Waals surface area contributed by atoms with E-state index in [1.165, 1.54) is 12.1 Å². The summed E-state index contributed by atoms with van der Waals surface area (Å²) >= 11 is 1.66.